The maximum atomic E-state index is 10.5. The second-order valence-electron chi connectivity index (χ2n) is 4.07. The van der Waals surface area contributed by atoms with E-state index < -0.39 is 11.9 Å². The van der Waals surface area contributed by atoms with E-state index in [2.05, 4.69) is 0 Å². The SMILES string of the molecule is Cc1ccc(N)cc1.O=C(O)c1ccccc1C(=O)O. The Bertz CT molecular complexity index is 552. The monoisotopic (exact) mass is 273 g/mol. The molecule has 0 radical (unpaired) electrons. The fraction of sp³-hybridized carbons (Fsp3) is 0.0667. The minimum atomic E-state index is -1.23. The van der Waals surface area contributed by atoms with Gasteiger partial charge in [-0.15, -0.1) is 0 Å². The molecule has 4 N–H and O–H groups in total. The van der Waals surface area contributed by atoms with Crippen molar-refractivity contribution in [3.63, 3.8) is 0 Å². The van der Waals surface area contributed by atoms with Gasteiger partial charge in [0.2, 0.25) is 0 Å². The van der Waals surface area contributed by atoms with Crippen molar-refractivity contribution in [3.05, 3.63) is 65.2 Å². The number of hydrogen-bond acceptors (Lipinski definition) is 3. The summed E-state index contributed by atoms with van der Waals surface area (Å²) in [6.07, 6.45) is 0. The molecule has 0 bridgehead atoms. The number of hydrogen-bond donors (Lipinski definition) is 3. The van der Waals surface area contributed by atoms with Gasteiger partial charge in [0, 0.05) is 5.69 Å². The molecule has 5 nitrogen and oxygen atoms in total. The Morgan fingerprint density at radius 3 is 1.55 bits per heavy atom. The first-order valence-corrected chi connectivity index (χ1v) is 5.79. The number of anilines is 1. The van der Waals surface area contributed by atoms with Crippen LogP contribution in [0.3, 0.4) is 0 Å². The number of rotatable bonds is 2. The molecule has 5 heteroatoms. The lowest BCUT2D eigenvalue weighted by molar-refractivity contribution is 0.0651. The van der Waals surface area contributed by atoms with Crippen molar-refractivity contribution >= 4 is 17.6 Å². The van der Waals surface area contributed by atoms with Gasteiger partial charge < -0.3 is 15.9 Å². The zero-order chi connectivity index (χ0) is 15.1. The minimum Gasteiger partial charge on any atom is -0.478 e. The number of aromatic carboxylic acids is 2. The second kappa shape index (κ2) is 6.94. The number of carboxylic acid groups (broad SMARTS) is 2. The molecule has 0 aliphatic heterocycles. The molecule has 0 aromatic heterocycles. The lowest BCUT2D eigenvalue weighted by Gasteiger charge is -1.98. The van der Waals surface area contributed by atoms with Gasteiger partial charge in [0.15, 0.2) is 0 Å². The zero-order valence-corrected chi connectivity index (χ0v) is 10.9. The summed E-state index contributed by atoms with van der Waals surface area (Å²) in [7, 11) is 0. The van der Waals surface area contributed by atoms with Crippen LogP contribution in [0, 0.1) is 6.92 Å². The quantitative estimate of drug-likeness (QED) is 0.730. The summed E-state index contributed by atoms with van der Waals surface area (Å²) >= 11 is 0. The number of carbonyl (C=O) groups is 2. The Labute approximate surface area is 116 Å². The first-order chi connectivity index (χ1) is 9.41. The van der Waals surface area contributed by atoms with Crippen molar-refractivity contribution in [2.75, 3.05) is 5.73 Å². The molecule has 104 valence electrons. The van der Waals surface area contributed by atoms with Gasteiger partial charge in [-0.25, -0.2) is 9.59 Å². The molecule has 0 saturated carbocycles. The first kappa shape index (κ1) is 15.2. The zero-order valence-electron chi connectivity index (χ0n) is 10.9. The van der Waals surface area contributed by atoms with Gasteiger partial charge in [-0.05, 0) is 31.2 Å². The molecule has 0 saturated heterocycles. The van der Waals surface area contributed by atoms with E-state index in [1.807, 2.05) is 31.2 Å². The molecule has 0 atom stereocenters. The largest absolute Gasteiger partial charge is 0.478 e. The maximum absolute atomic E-state index is 10.5. The van der Waals surface area contributed by atoms with E-state index in [1.165, 1.54) is 29.8 Å². The third-order valence-electron chi connectivity index (χ3n) is 2.47. The summed E-state index contributed by atoms with van der Waals surface area (Å²) in [4.78, 5) is 20.9. The smallest absolute Gasteiger partial charge is 0.336 e. The van der Waals surface area contributed by atoms with Gasteiger partial charge in [-0.2, -0.15) is 0 Å². The number of benzene rings is 2. The van der Waals surface area contributed by atoms with Gasteiger partial charge in [0.1, 0.15) is 0 Å². The number of nitrogen functional groups attached to an aromatic ring is 1. The molecular weight excluding hydrogens is 258 g/mol. The van der Waals surface area contributed by atoms with E-state index in [0.29, 0.717) is 0 Å². The highest BCUT2D eigenvalue weighted by Gasteiger charge is 2.13. The number of carboxylic acids is 2. The molecule has 0 unspecified atom stereocenters. The van der Waals surface area contributed by atoms with Crippen molar-refractivity contribution in [1.82, 2.24) is 0 Å². The summed E-state index contributed by atoms with van der Waals surface area (Å²) in [5.41, 5.74) is 7.13. The molecule has 0 aliphatic rings. The summed E-state index contributed by atoms with van der Waals surface area (Å²) < 4.78 is 0. The lowest BCUT2D eigenvalue weighted by Crippen LogP contribution is -2.06. The van der Waals surface area contributed by atoms with Crippen LogP contribution in [0.1, 0.15) is 26.3 Å². The van der Waals surface area contributed by atoms with Crippen LogP contribution >= 0.6 is 0 Å². The molecular formula is C15H15NO4. The molecule has 2 aromatic rings. The van der Waals surface area contributed by atoms with E-state index in [4.69, 9.17) is 15.9 Å². The molecule has 20 heavy (non-hydrogen) atoms. The predicted octanol–water partition coefficient (Wildman–Crippen LogP) is 2.66. The van der Waals surface area contributed by atoms with Crippen LogP contribution < -0.4 is 5.73 Å². The van der Waals surface area contributed by atoms with Crippen molar-refractivity contribution < 1.29 is 19.8 Å². The number of aryl methyl sites for hydroxylation is 1. The summed E-state index contributed by atoms with van der Waals surface area (Å²) in [5, 5.41) is 17.1. The molecule has 0 spiro atoms. The van der Waals surface area contributed by atoms with Crippen LogP contribution in [0.4, 0.5) is 5.69 Å². The van der Waals surface area contributed by atoms with Crippen molar-refractivity contribution in [3.8, 4) is 0 Å². The maximum Gasteiger partial charge on any atom is 0.336 e. The Hall–Kier alpha value is -2.82. The molecule has 0 fully saturated rings. The van der Waals surface area contributed by atoms with Crippen LogP contribution in [-0.2, 0) is 0 Å². The van der Waals surface area contributed by atoms with Gasteiger partial charge in [-0.3, -0.25) is 0 Å². The van der Waals surface area contributed by atoms with E-state index in [-0.39, 0.29) is 11.1 Å². The summed E-state index contributed by atoms with van der Waals surface area (Å²) in [6, 6.07) is 13.3. The molecule has 0 heterocycles. The van der Waals surface area contributed by atoms with Crippen molar-refractivity contribution in [2.45, 2.75) is 6.92 Å². The van der Waals surface area contributed by atoms with E-state index in [1.54, 1.807) is 0 Å². The predicted molar refractivity (Wildman–Crippen MR) is 76.0 cm³/mol. The fourth-order valence-electron chi connectivity index (χ4n) is 1.42. The Morgan fingerprint density at radius 2 is 1.25 bits per heavy atom. The fourth-order valence-corrected chi connectivity index (χ4v) is 1.42. The molecule has 2 aromatic carbocycles. The standard InChI is InChI=1S/C8H6O4.C7H9N/c9-7(10)5-3-1-2-4-6(5)8(11)12;1-6-2-4-7(8)5-3-6/h1-4H,(H,9,10)(H,11,12);2-5H,8H2,1H3. The highest BCUT2D eigenvalue weighted by atomic mass is 16.4. The van der Waals surface area contributed by atoms with E-state index in [9.17, 15) is 9.59 Å². The van der Waals surface area contributed by atoms with E-state index >= 15 is 0 Å². The Kier molecular flexibility index (Phi) is 5.29. The third-order valence-corrected chi connectivity index (χ3v) is 2.47. The molecule has 0 aliphatic carbocycles. The summed E-state index contributed by atoms with van der Waals surface area (Å²) in [5.74, 6) is -2.46. The highest BCUT2D eigenvalue weighted by molar-refractivity contribution is 6.01. The Morgan fingerprint density at radius 1 is 0.850 bits per heavy atom. The topological polar surface area (TPSA) is 101 Å². The van der Waals surface area contributed by atoms with Crippen LogP contribution in [0.25, 0.3) is 0 Å². The third kappa shape index (κ3) is 4.45. The average Bonchev–Trinajstić information content (AvgIpc) is 2.42. The van der Waals surface area contributed by atoms with Crippen molar-refractivity contribution in [2.24, 2.45) is 0 Å². The van der Waals surface area contributed by atoms with Crippen LogP contribution in [0.15, 0.2) is 48.5 Å². The highest BCUT2D eigenvalue weighted by Crippen LogP contribution is 2.07. The van der Waals surface area contributed by atoms with Gasteiger partial charge in [-0.1, -0.05) is 29.8 Å². The normalized spacial score (nSPS) is 9.25. The van der Waals surface area contributed by atoms with Gasteiger partial charge >= 0.3 is 11.9 Å². The van der Waals surface area contributed by atoms with E-state index in [0.717, 1.165) is 5.69 Å². The second-order valence-corrected chi connectivity index (χ2v) is 4.07. The number of nitrogens with two attached hydrogens (primary N) is 1. The minimum absolute atomic E-state index is 0.190. The van der Waals surface area contributed by atoms with Crippen LogP contribution in [0.5, 0.6) is 0 Å². The summed E-state index contributed by atoms with van der Waals surface area (Å²) in [6.45, 7) is 2.04. The van der Waals surface area contributed by atoms with Crippen LogP contribution in [-0.4, -0.2) is 22.2 Å². The first-order valence-electron chi connectivity index (χ1n) is 5.79. The molecule has 0 amide bonds. The Balaban J connectivity index is 0.000000217. The average molecular weight is 273 g/mol. The lowest BCUT2D eigenvalue weighted by atomic mass is 10.1. The van der Waals surface area contributed by atoms with Crippen LogP contribution in [0.2, 0.25) is 0 Å². The van der Waals surface area contributed by atoms with Crippen molar-refractivity contribution in [1.29, 1.82) is 0 Å². The van der Waals surface area contributed by atoms with Gasteiger partial charge in [0.25, 0.3) is 0 Å². The molecule has 2 rings (SSSR count). The van der Waals surface area contributed by atoms with Gasteiger partial charge in [0.05, 0.1) is 11.1 Å².